The highest BCUT2D eigenvalue weighted by atomic mass is 16.7. The van der Waals surface area contributed by atoms with Crippen LogP contribution in [0.3, 0.4) is 0 Å². The number of carbonyl (C=O) groups excluding carboxylic acids is 2. The predicted molar refractivity (Wildman–Crippen MR) is 135 cm³/mol. The van der Waals surface area contributed by atoms with E-state index in [1.807, 2.05) is 51.1 Å². The normalized spacial score (nSPS) is 16.6. The number of nitrogens with zero attached hydrogens (tertiary/aromatic N) is 3. The van der Waals surface area contributed by atoms with E-state index >= 15 is 0 Å². The molecule has 0 radical (unpaired) electrons. The van der Waals surface area contributed by atoms with Crippen LogP contribution in [0.15, 0.2) is 41.5 Å². The Hall–Kier alpha value is -3.75. The summed E-state index contributed by atoms with van der Waals surface area (Å²) in [5, 5.41) is 6.20. The average Bonchev–Trinajstić information content (AvgIpc) is 3.49. The van der Waals surface area contributed by atoms with Crippen LogP contribution in [-0.4, -0.2) is 62.0 Å². The molecule has 0 N–H and O–H groups in total. The topological polar surface area (TPSA) is 89.9 Å². The lowest BCUT2D eigenvalue weighted by molar-refractivity contribution is -0.141. The SMILES string of the molecule is COc1ccc(C2=NN(C(=O)CN(C)C(=O)CC(C)(C)C)C(c3ccc4c(c3)OCO4)C2)c(OC)c1. The molecule has 2 heterocycles. The van der Waals surface area contributed by atoms with E-state index in [2.05, 4.69) is 0 Å². The molecule has 0 fully saturated rings. The zero-order valence-corrected chi connectivity index (χ0v) is 21.7. The maximum atomic E-state index is 13.5. The van der Waals surface area contributed by atoms with Crippen molar-refractivity contribution >= 4 is 17.5 Å². The first kappa shape index (κ1) is 25.3. The molecule has 0 spiro atoms. The maximum Gasteiger partial charge on any atom is 0.262 e. The third-order valence-corrected chi connectivity index (χ3v) is 6.15. The van der Waals surface area contributed by atoms with Crippen molar-refractivity contribution in [2.24, 2.45) is 10.5 Å². The Bertz CT molecular complexity index is 1190. The molecule has 2 aliphatic rings. The standard InChI is InChI=1S/C27H33N3O6/c1-27(2,3)14-25(31)29(4)15-26(32)30-21(17-7-10-22-24(11-17)36-16-35-22)13-20(28-30)19-9-8-18(33-5)12-23(19)34-6/h7-12,21H,13-16H2,1-6H3. The zero-order valence-electron chi connectivity index (χ0n) is 21.7. The first-order chi connectivity index (χ1) is 17.1. The second-order valence-corrected chi connectivity index (χ2v) is 10.2. The summed E-state index contributed by atoms with van der Waals surface area (Å²) in [4.78, 5) is 27.6. The lowest BCUT2D eigenvalue weighted by Gasteiger charge is -2.26. The van der Waals surface area contributed by atoms with Gasteiger partial charge in [0, 0.05) is 31.5 Å². The van der Waals surface area contributed by atoms with Crippen molar-refractivity contribution in [2.45, 2.75) is 39.7 Å². The molecule has 2 amide bonds. The molecule has 0 aromatic heterocycles. The van der Waals surface area contributed by atoms with E-state index in [1.165, 1.54) is 9.91 Å². The first-order valence-electron chi connectivity index (χ1n) is 11.8. The monoisotopic (exact) mass is 495 g/mol. The van der Waals surface area contributed by atoms with E-state index in [0.717, 1.165) is 11.1 Å². The van der Waals surface area contributed by atoms with Crippen LogP contribution in [0, 0.1) is 5.41 Å². The van der Waals surface area contributed by atoms with Crippen molar-refractivity contribution in [3.05, 3.63) is 47.5 Å². The molecule has 192 valence electrons. The molecule has 0 bridgehead atoms. The molecule has 2 aromatic carbocycles. The summed E-state index contributed by atoms with van der Waals surface area (Å²) in [5.74, 6) is 2.20. The second-order valence-electron chi connectivity index (χ2n) is 10.2. The fraction of sp³-hybridized carbons (Fsp3) is 0.444. The van der Waals surface area contributed by atoms with Gasteiger partial charge in [-0.2, -0.15) is 5.10 Å². The number of hydrazone groups is 1. The number of hydrogen-bond acceptors (Lipinski definition) is 7. The van der Waals surface area contributed by atoms with Crippen LogP contribution in [0.1, 0.15) is 50.8 Å². The van der Waals surface area contributed by atoms with Crippen molar-refractivity contribution < 1.29 is 28.5 Å². The Labute approximate surface area is 211 Å². The Morgan fingerprint density at radius 2 is 1.83 bits per heavy atom. The van der Waals surface area contributed by atoms with E-state index in [1.54, 1.807) is 27.3 Å². The second kappa shape index (κ2) is 10.1. The molecule has 1 unspecified atom stereocenters. The minimum atomic E-state index is -0.375. The number of carbonyl (C=O) groups is 2. The molecule has 0 saturated heterocycles. The molecule has 4 rings (SSSR count). The Kier molecular flexibility index (Phi) is 7.10. The van der Waals surface area contributed by atoms with E-state index in [0.29, 0.717) is 41.6 Å². The highest BCUT2D eigenvalue weighted by Gasteiger charge is 2.36. The molecule has 0 saturated carbocycles. The molecule has 0 aliphatic carbocycles. The van der Waals surface area contributed by atoms with Gasteiger partial charge in [0.05, 0.1) is 26.0 Å². The number of methoxy groups -OCH3 is 2. The maximum absolute atomic E-state index is 13.5. The van der Waals surface area contributed by atoms with Crippen molar-refractivity contribution in [3.63, 3.8) is 0 Å². The van der Waals surface area contributed by atoms with Crippen LogP contribution < -0.4 is 18.9 Å². The van der Waals surface area contributed by atoms with Crippen LogP contribution in [0.5, 0.6) is 23.0 Å². The van der Waals surface area contributed by atoms with Gasteiger partial charge in [-0.15, -0.1) is 0 Å². The number of fused-ring (bicyclic) bond motifs is 1. The van der Waals surface area contributed by atoms with Crippen LogP contribution in [-0.2, 0) is 9.59 Å². The Morgan fingerprint density at radius 3 is 2.53 bits per heavy atom. The van der Waals surface area contributed by atoms with Crippen molar-refractivity contribution in [2.75, 3.05) is 34.6 Å². The summed E-state index contributed by atoms with van der Waals surface area (Å²) in [6.45, 7) is 6.07. The first-order valence-corrected chi connectivity index (χ1v) is 11.8. The number of hydrogen-bond donors (Lipinski definition) is 0. The molecule has 2 aliphatic heterocycles. The number of rotatable bonds is 7. The highest BCUT2D eigenvalue weighted by molar-refractivity contribution is 6.05. The lowest BCUT2D eigenvalue weighted by Crippen LogP contribution is -2.40. The van der Waals surface area contributed by atoms with Crippen molar-refractivity contribution in [1.29, 1.82) is 0 Å². The van der Waals surface area contributed by atoms with Gasteiger partial charge in [0.2, 0.25) is 12.7 Å². The van der Waals surface area contributed by atoms with Gasteiger partial charge in [-0.25, -0.2) is 5.01 Å². The van der Waals surface area contributed by atoms with Gasteiger partial charge in [-0.05, 0) is 35.2 Å². The van der Waals surface area contributed by atoms with E-state index < -0.39 is 0 Å². The van der Waals surface area contributed by atoms with E-state index in [9.17, 15) is 9.59 Å². The minimum absolute atomic E-state index is 0.0769. The summed E-state index contributed by atoms with van der Waals surface area (Å²) >= 11 is 0. The molecular formula is C27H33N3O6. The van der Waals surface area contributed by atoms with Crippen molar-refractivity contribution in [3.8, 4) is 23.0 Å². The molecule has 36 heavy (non-hydrogen) atoms. The fourth-order valence-corrected chi connectivity index (χ4v) is 4.27. The predicted octanol–water partition coefficient (Wildman–Crippen LogP) is 4.00. The fourth-order valence-electron chi connectivity index (χ4n) is 4.27. The summed E-state index contributed by atoms with van der Waals surface area (Å²) in [6, 6.07) is 10.8. The van der Waals surface area contributed by atoms with Crippen molar-refractivity contribution in [1.82, 2.24) is 9.91 Å². The van der Waals surface area contributed by atoms with Gasteiger partial charge in [0.1, 0.15) is 18.0 Å². The van der Waals surface area contributed by atoms with Gasteiger partial charge in [-0.1, -0.05) is 26.8 Å². The van der Waals surface area contributed by atoms with Crippen LogP contribution in [0.25, 0.3) is 0 Å². The largest absolute Gasteiger partial charge is 0.497 e. The molecular weight excluding hydrogens is 462 g/mol. The van der Waals surface area contributed by atoms with E-state index in [4.69, 9.17) is 24.0 Å². The Balaban J connectivity index is 1.65. The van der Waals surface area contributed by atoms with Gasteiger partial charge < -0.3 is 23.8 Å². The van der Waals surface area contributed by atoms with Crippen LogP contribution in [0.2, 0.25) is 0 Å². The average molecular weight is 496 g/mol. The Morgan fingerprint density at radius 1 is 1.08 bits per heavy atom. The summed E-state index contributed by atoms with van der Waals surface area (Å²) in [6.07, 6.45) is 0.813. The van der Waals surface area contributed by atoms with Gasteiger partial charge >= 0.3 is 0 Å². The molecule has 9 heteroatoms. The molecule has 9 nitrogen and oxygen atoms in total. The molecule has 1 atom stereocenters. The minimum Gasteiger partial charge on any atom is -0.497 e. The number of ether oxygens (including phenoxy) is 4. The third kappa shape index (κ3) is 5.40. The van der Waals surface area contributed by atoms with Gasteiger partial charge in [0.25, 0.3) is 5.91 Å². The van der Waals surface area contributed by atoms with Crippen LogP contribution >= 0.6 is 0 Å². The number of benzene rings is 2. The van der Waals surface area contributed by atoms with Gasteiger partial charge in [-0.3, -0.25) is 9.59 Å². The number of amides is 2. The number of likely N-dealkylation sites (N-methyl/N-ethyl adjacent to an activating group) is 1. The smallest absolute Gasteiger partial charge is 0.262 e. The van der Waals surface area contributed by atoms with Crippen LogP contribution in [0.4, 0.5) is 0 Å². The van der Waals surface area contributed by atoms with Gasteiger partial charge in [0.15, 0.2) is 11.5 Å². The summed E-state index contributed by atoms with van der Waals surface area (Å²) < 4.78 is 21.9. The zero-order chi connectivity index (χ0) is 26.0. The van der Waals surface area contributed by atoms with E-state index in [-0.39, 0.29) is 36.6 Å². The lowest BCUT2D eigenvalue weighted by atomic mass is 9.92. The molecule has 2 aromatic rings. The quantitative estimate of drug-likeness (QED) is 0.577. The summed E-state index contributed by atoms with van der Waals surface area (Å²) in [5.41, 5.74) is 2.17. The highest BCUT2D eigenvalue weighted by Crippen LogP contribution is 2.40. The summed E-state index contributed by atoms with van der Waals surface area (Å²) in [7, 11) is 4.83. The third-order valence-electron chi connectivity index (χ3n) is 6.15.